The molecule has 2 saturated heterocycles. The Bertz CT molecular complexity index is 835. The highest BCUT2D eigenvalue weighted by Gasteiger charge is 2.31. The summed E-state index contributed by atoms with van der Waals surface area (Å²) in [6, 6.07) is 1.96. The summed E-state index contributed by atoms with van der Waals surface area (Å²) < 4.78 is 0. The van der Waals surface area contributed by atoms with E-state index < -0.39 is 0 Å². The molecular formula is C21H28N4O2S. The van der Waals surface area contributed by atoms with Gasteiger partial charge in [-0.1, -0.05) is 12.8 Å². The van der Waals surface area contributed by atoms with E-state index in [2.05, 4.69) is 10.2 Å². The first-order valence-corrected chi connectivity index (χ1v) is 11.2. The Morgan fingerprint density at radius 3 is 2.54 bits per heavy atom. The van der Waals surface area contributed by atoms with Gasteiger partial charge in [0.15, 0.2) is 0 Å². The highest BCUT2D eigenvalue weighted by molar-refractivity contribution is 7.12. The molecule has 2 fully saturated rings. The monoisotopic (exact) mass is 400 g/mol. The van der Waals surface area contributed by atoms with Gasteiger partial charge in [0.2, 0.25) is 0 Å². The minimum absolute atomic E-state index is 0.0861. The molecular weight excluding hydrogens is 372 g/mol. The minimum Gasteiger partial charge on any atom is -0.339 e. The molecule has 28 heavy (non-hydrogen) atoms. The maximum atomic E-state index is 13.1. The first kappa shape index (κ1) is 19.2. The number of nitrogens with zero attached hydrogens (tertiary/aromatic N) is 3. The van der Waals surface area contributed by atoms with Crippen molar-refractivity contribution in [2.45, 2.75) is 51.4 Å². The van der Waals surface area contributed by atoms with E-state index in [1.165, 1.54) is 24.2 Å². The van der Waals surface area contributed by atoms with Gasteiger partial charge in [-0.15, -0.1) is 11.3 Å². The number of rotatable bonds is 3. The fourth-order valence-corrected chi connectivity index (χ4v) is 5.18. The molecule has 0 bridgehead atoms. The largest absolute Gasteiger partial charge is 0.339 e. The lowest BCUT2D eigenvalue weighted by molar-refractivity contribution is 0.0709. The Labute approximate surface area is 169 Å². The van der Waals surface area contributed by atoms with Gasteiger partial charge >= 0.3 is 0 Å². The summed E-state index contributed by atoms with van der Waals surface area (Å²) in [5.74, 6) is 0.317. The van der Waals surface area contributed by atoms with Crippen LogP contribution >= 0.6 is 11.3 Å². The van der Waals surface area contributed by atoms with Crippen LogP contribution in [-0.2, 0) is 0 Å². The minimum atomic E-state index is 0.0861. The van der Waals surface area contributed by atoms with Crippen LogP contribution in [0.4, 0.5) is 0 Å². The van der Waals surface area contributed by atoms with E-state index in [0.29, 0.717) is 12.1 Å². The molecule has 0 aromatic carbocycles. The van der Waals surface area contributed by atoms with Crippen LogP contribution in [-0.4, -0.2) is 58.0 Å². The maximum Gasteiger partial charge on any atom is 0.263 e. The molecule has 0 spiro atoms. The van der Waals surface area contributed by atoms with Gasteiger partial charge in [0.05, 0.1) is 22.3 Å². The van der Waals surface area contributed by atoms with E-state index in [4.69, 9.17) is 0 Å². The van der Waals surface area contributed by atoms with Gasteiger partial charge < -0.3 is 9.80 Å². The van der Waals surface area contributed by atoms with Crippen molar-refractivity contribution in [3.63, 3.8) is 0 Å². The molecule has 4 heterocycles. The molecule has 2 aromatic rings. The first-order chi connectivity index (χ1) is 13.6. The third kappa shape index (κ3) is 3.99. The number of carbonyl (C=O) groups excluding carboxylic acids is 2. The van der Waals surface area contributed by atoms with E-state index in [1.807, 2.05) is 28.2 Å². The van der Waals surface area contributed by atoms with Crippen molar-refractivity contribution in [1.82, 2.24) is 20.0 Å². The van der Waals surface area contributed by atoms with Gasteiger partial charge in [-0.2, -0.15) is 5.10 Å². The van der Waals surface area contributed by atoms with Crippen molar-refractivity contribution in [2.75, 3.05) is 26.2 Å². The van der Waals surface area contributed by atoms with E-state index in [1.54, 1.807) is 6.20 Å². The summed E-state index contributed by atoms with van der Waals surface area (Å²) in [7, 11) is 0. The molecule has 0 unspecified atom stereocenters. The molecule has 2 aliphatic rings. The first-order valence-electron chi connectivity index (χ1n) is 10.3. The van der Waals surface area contributed by atoms with Crippen LogP contribution in [0.2, 0.25) is 0 Å². The molecule has 7 heteroatoms. The summed E-state index contributed by atoms with van der Waals surface area (Å²) >= 11 is 1.51. The lowest BCUT2D eigenvalue weighted by atomic mass is 9.92. The lowest BCUT2D eigenvalue weighted by Gasteiger charge is -2.32. The molecule has 4 rings (SSSR count). The zero-order valence-electron chi connectivity index (χ0n) is 16.4. The SMILES string of the molecule is Cc1csc(C(=O)N2CCC[C@H](c3[nH]ncc3C(=O)N3CCCCCC3)C2)c1. The van der Waals surface area contributed by atoms with Gasteiger partial charge in [-0.3, -0.25) is 14.7 Å². The summed E-state index contributed by atoms with van der Waals surface area (Å²) in [6.45, 7) is 5.08. The fraction of sp³-hybridized carbons (Fsp3) is 0.571. The van der Waals surface area contributed by atoms with Crippen molar-refractivity contribution in [1.29, 1.82) is 0 Å². The Kier molecular flexibility index (Phi) is 5.80. The molecule has 1 atom stereocenters. The Morgan fingerprint density at radius 2 is 1.82 bits per heavy atom. The molecule has 0 radical (unpaired) electrons. The van der Waals surface area contributed by atoms with Crippen LogP contribution in [0, 0.1) is 6.92 Å². The Morgan fingerprint density at radius 1 is 1.07 bits per heavy atom. The van der Waals surface area contributed by atoms with Gasteiger partial charge in [0, 0.05) is 32.1 Å². The quantitative estimate of drug-likeness (QED) is 0.852. The van der Waals surface area contributed by atoms with Crippen molar-refractivity contribution >= 4 is 23.2 Å². The zero-order valence-corrected chi connectivity index (χ0v) is 17.3. The number of H-pyrrole nitrogens is 1. The van der Waals surface area contributed by atoms with Crippen molar-refractivity contribution in [2.24, 2.45) is 0 Å². The average molecular weight is 401 g/mol. The second kappa shape index (κ2) is 8.47. The van der Waals surface area contributed by atoms with Gasteiger partial charge in [0.25, 0.3) is 11.8 Å². The van der Waals surface area contributed by atoms with Crippen LogP contribution in [0.1, 0.15) is 75.7 Å². The summed E-state index contributed by atoms with van der Waals surface area (Å²) in [6.07, 6.45) is 8.13. The van der Waals surface area contributed by atoms with Crippen molar-refractivity contribution in [3.05, 3.63) is 39.3 Å². The summed E-state index contributed by atoms with van der Waals surface area (Å²) in [4.78, 5) is 30.7. The molecule has 2 aliphatic heterocycles. The number of aromatic nitrogens is 2. The number of aromatic amines is 1. The molecule has 2 amide bonds. The summed E-state index contributed by atoms with van der Waals surface area (Å²) in [5.41, 5.74) is 2.71. The molecule has 0 aliphatic carbocycles. The van der Waals surface area contributed by atoms with Crippen molar-refractivity contribution < 1.29 is 9.59 Å². The average Bonchev–Trinajstić information content (AvgIpc) is 3.29. The Hall–Kier alpha value is -2.15. The molecule has 6 nitrogen and oxygen atoms in total. The number of nitrogens with one attached hydrogen (secondary N) is 1. The predicted octanol–water partition coefficient (Wildman–Crippen LogP) is 3.82. The van der Waals surface area contributed by atoms with Crippen LogP contribution in [0.5, 0.6) is 0 Å². The van der Waals surface area contributed by atoms with Gasteiger partial charge in [-0.25, -0.2) is 0 Å². The number of likely N-dealkylation sites (tertiary alicyclic amines) is 2. The van der Waals surface area contributed by atoms with Crippen LogP contribution in [0.3, 0.4) is 0 Å². The standard InChI is InChI=1S/C21H28N4O2S/c1-15-11-18(28-14-15)21(27)25-10-6-7-16(13-25)19-17(12-22-23-19)20(26)24-8-4-2-3-5-9-24/h11-12,14,16H,2-10,13H2,1H3,(H,22,23)/t16-/m0/s1. The number of hydrogen-bond donors (Lipinski definition) is 1. The highest BCUT2D eigenvalue weighted by atomic mass is 32.1. The maximum absolute atomic E-state index is 13.1. The number of aryl methyl sites for hydroxylation is 1. The second-order valence-corrected chi connectivity index (χ2v) is 8.89. The third-order valence-electron chi connectivity index (χ3n) is 5.85. The van der Waals surface area contributed by atoms with E-state index in [0.717, 1.165) is 61.5 Å². The number of carbonyl (C=O) groups is 2. The molecule has 150 valence electrons. The van der Waals surface area contributed by atoms with Crippen LogP contribution in [0.25, 0.3) is 0 Å². The van der Waals surface area contributed by atoms with E-state index in [9.17, 15) is 9.59 Å². The van der Waals surface area contributed by atoms with E-state index in [-0.39, 0.29) is 17.7 Å². The third-order valence-corrected chi connectivity index (χ3v) is 6.89. The Balaban J connectivity index is 1.49. The van der Waals surface area contributed by atoms with Gasteiger partial charge in [0.1, 0.15) is 0 Å². The number of hydrogen-bond acceptors (Lipinski definition) is 4. The second-order valence-electron chi connectivity index (χ2n) is 7.98. The fourth-order valence-electron chi connectivity index (χ4n) is 4.32. The summed E-state index contributed by atoms with van der Waals surface area (Å²) in [5, 5.41) is 9.29. The van der Waals surface area contributed by atoms with Crippen LogP contribution < -0.4 is 0 Å². The smallest absolute Gasteiger partial charge is 0.263 e. The zero-order chi connectivity index (χ0) is 19.5. The number of piperidine rings is 1. The van der Waals surface area contributed by atoms with E-state index >= 15 is 0 Å². The van der Waals surface area contributed by atoms with Crippen molar-refractivity contribution in [3.8, 4) is 0 Å². The topological polar surface area (TPSA) is 69.3 Å². The number of thiophene rings is 1. The normalized spacial score (nSPS) is 20.8. The molecule has 1 N–H and O–H groups in total. The van der Waals surface area contributed by atoms with Crippen LogP contribution in [0.15, 0.2) is 17.6 Å². The predicted molar refractivity (Wildman–Crippen MR) is 110 cm³/mol. The highest BCUT2D eigenvalue weighted by Crippen LogP contribution is 2.30. The molecule has 2 aromatic heterocycles. The van der Waals surface area contributed by atoms with Gasteiger partial charge in [-0.05, 0) is 49.6 Å². The number of amides is 2. The molecule has 0 saturated carbocycles. The lowest BCUT2D eigenvalue weighted by Crippen LogP contribution is -2.39.